The van der Waals surface area contributed by atoms with Crippen LogP contribution in [0.5, 0.6) is 0 Å². The maximum atomic E-state index is 12.3. The van der Waals surface area contributed by atoms with Crippen LogP contribution >= 0.6 is 0 Å². The molecule has 1 atom stereocenters. The van der Waals surface area contributed by atoms with Crippen molar-refractivity contribution in [2.24, 2.45) is 5.10 Å². The molecular weight excluding hydrogens is 308 g/mol. The molecule has 0 fully saturated rings. The smallest absolute Gasteiger partial charge is 0.243 e. The lowest BCUT2D eigenvalue weighted by Crippen LogP contribution is -2.19. The van der Waals surface area contributed by atoms with E-state index in [-0.39, 0.29) is 29.5 Å². The highest BCUT2D eigenvalue weighted by molar-refractivity contribution is 6.14. The Kier molecular flexibility index (Phi) is 4.41. The summed E-state index contributed by atoms with van der Waals surface area (Å²) in [6.45, 7) is 3.72. The van der Waals surface area contributed by atoms with E-state index < -0.39 is 0 Å². The number of carbonyl (C=O) groups excluding carboxylic acids is 1. The molecular formula is C17H18N4O3. The lowest BCUT2D eigenvalue weighted by Gasteiger charge is -2.20. The summed E-state index contributed by atoms with van der Waals surface area (Å²) in [5.74, 6) is 0.750. The third-order valence-corrected chi connectivity index (χ3v) is 3.77. The number of hydrazone groups is 1. The van der Waals surface area contributed by atoms with Crippen molar-refractivity contribution >= 4 is 17.9 Å². The van der Waals surface area contributed by atoms with Crippen LogP contribution in [0.15, 0.2) is 45.3 Å². The van der Waals surface area contributed by atoms with Crippen LogP contribution in [0.1, 0.15) is 35.9 Å². The molecule has 2 heterocycles. The number of anilines is 1. The van der Waals surface area contributed by atoms with Gasteiger partial charge in [0.1, 0.15) is 11.5 Å². The summed E-state index contributed by atoms with van der Waals surface area (Å²) >= 11 is 0. The molecule has 0 spiro atoms. The maximum Gasteiger partial charge on any atom is 0.243 e. The first-order chi connectivity index (χ1) is 11.5. The molecule has 0 saturated heterocycles. The Bertz CT molecular complexity index is 789. The minimum atomic E-state index is -0.174. The molecule has 0 aliphatic heterocycles. The first kappa shape index (κ1) is 15.9. The van der Waals surface area contributed by atoms with Crippen molar-refractivity contribution in [1.29, 1.82) is 0 Å². The first-order valence-corrected chi connectivity index (χ1v) is 7.63. The third kappa shape index (κ3) is 3.51. The van der Waals surface area contributed by atoms with Crippen molar-refractivity contribution in [2.75, 3.05) is 5.43 Å². The van der Waals surface area contributed by atoms with Crippen LogP contribution in [0, 0.1) is 13.8 Å². The van der Waals surface area contributed by atoms with E-state index in [1.165, 1.54) is 6.21 Å². The van der Waals surface area contributed by atoms with E-state index in [2.05, 4.69) is 20.5 Å². The van der Waals surface area contributed by atoms with Crippen molar-refractivity contribution in [1.82, 2.24) is 9.97 Å². The Morgan fingerprint density at radius 2 is 2.08 bits per heavy atom. The van der Waals surface area contributed by atoms with Crippen LogP contribution in [0.4, 0.5) is 5.95 Å². The molecule has 0 amide bonds. The van der Waals surface area contributed by atoms with Gasteiger partial charge in [0.05, 0.1) is 18.1 Å². The molecule has 124 valence electrons. The Labute approximate surface area is 139 Å². The highest BCUT2D eigenvalue weighted by Crippen LogP contribution is 2.33. The lowest BCUT2D eigenvalue weighted by atomic mass is 9.86. The van der Waals surface area contributed by atoms with E-state index in [1.54, 1.807) is 12.3 Å². The van der Waals surface area contributed by atoms with Crippen LogP contribution < -0.4 is 5.43 Å². The van der Waals surface area contributed by atoms with E-state index in [0.29, 0.717) is 18.1 Å². The number of aliphatic hydroxyl groups is 1. The summed E-state index contributed by atoms with van der Waals surface area (Å²) < 4.78 is 5.32. The van der Waals surface area contributed by atoms with Crippen molar-refractivity contribution < 1.29 is 14.3 Å². The molecule has 0 radical (unpaired) electrons. The standard InChI is InChI=1S/C17H18N4O3/c1-10-6-11(2)20-17(19-10)21-18-9-13-14(22)7-12(8-15(13)23)16-4-3-5-24-16/h3-6,9,12,22H,7-8H2,1-2H3,(H,19,20,21)/b18-9-/t12-/m0/s1. The molecule has 2 aromatic heterocycles. The van der Waals surface area contributed by atoms with Gasteiger partial charge in [0.25, 0.3) is 0 Å². The molecule has 2 aromatic rings. The third-order valence-electron chi connectivity index (χ3n) is 3.77. The Morgan fingerprint density at radius 3 is 2.71 bits per heavy atom. The predicted molar refractivity (Wildman–Crippen MR) is 89.0 cm³/mol. The minimum absolute atomic E-state index is 0.0135. The van der Waals surface area contributed by atoms with Gasteiger partial charge in [0, 0.05) is 30.1 Å². The lowest BCUT2D eigenvalue weighted by molar-refractivity contribution is -0.116. The average Bonchev–Trinajstić information content (AvgIpc) is 3.03. The van der Waals surface area contributed by atoms with Crippen LogP contribution in [-0.4, -0.2) is 27.1 Å². The van der Waals surface area contributed by atoms with Crippen molar-refractivity contribution in [3.8, 4) is 0 Å². The molecule has 0 saturated carbocycles. The van der Waals surface area contributed by atoms with Crippen molar-refractivity contribution in [3.05, 3.63) is 52.9 Å². The molecule has 0 unspecified atom stereocenters. The zero-order valence-corrected chi connectivity index (χ0v) is 13.5. The van der Waals surface area contributed by atoms with Gasteiger partial charge in [-0.25, -0.2) is 15.4 Å². The zero-order valence-electron chi connectivity index (χ0n) is 13.5. The van der Waals surface area contributed by atoms with Gasteiger partial charge in [0.15, 0.2) is 5.78 Å². The number of carbonyl (C=O) groups is 1. The van der Waals surface area contributed by atoms with Gasteiger partial charge in [-0.3, -0.25) is 4.79 Å². The van der Waals surface area contributed by atoms with Gasteiger partial charge in [-0.15, -0.1) is 0 Å². The highest BCUT2D eigenvalue weighted by atomic mass is 16.3. The van der Waals surface area contributed by atoms with Crippen LogP contribution in [0.3, 0.4) is 0 Å². The summed E-state index contributed by atoms with van der Waals surface area (Å²) in [5, 5.41) is 14.1. The van der Waals surface area contributed by atoms with E-state index in [9.17, 15) is 9.90 Å². The highest BCUT2D eigenvalue weighted by Gasteiger charge is 2.29. The number of hydrogen-bond donors (Lipinski definition) is 2. The van der Waals surface area contributed by atoms with Crippen LogP contribution in [0.25, 0.3) is 0 Å². The number of allylic oxidation sites excluding steroid dienone is 2. The quantitative estimate of drug-likeness (QED) is 0.661. The number of Topliss-reactive ketones (excluding diaryl/α,β-unsaturated/α-hetero) is 1. The van der Waals surface area contributed by atoms with Gasteiger partial charge >= 0.3 is 0 Å². The topological polar surface area (TPSA) is 101 Å². The summed E-state index contributed by atoms with van der Waals surface area (Å²) in [4.78, 5) is 20.6. The molecule has 7 nitrogen and oxygen atoms in total. The van der Waals surface area contributed by atoms with Gasteiger partial charge in [-0.05, 0) is 32.0 Å². The number of furan rings is 1. The van der Waals surface area contributed by atoms with Gasteiger partial charge in [-0.2, -0.15) is 5.10 Å². The number of aliphatic hydroxyl groups excluding tert-OH is 1. The molecule has 7 heteroatoms. The minimum Gasteiger partial charge on any atom is -0.511 e. The second-order valence-corrected chi connectivity index (χ2v) is 5.75. The van der Waals surface area contributed by atoms with E-state index in [0.717, 1.165) is 11.4 Å². The summed E-state index contributed by atoms with van der Waals surface area (Å²) in [6, 6.07) is 5.43. The average molecular weight is 326 g/mol. The Hall–Kier alpha value is -2.96. The molecule has 3 rings (SSSR count). The Balaban J connectivity index is 1.72. The number of rotatable bonds is 4. The fourth-order valence-corrected chi connectivity index (χ4v) is 2.71. The second kappa shape index (κ2) is 6.66. The molecule has 1 aliphatic carbocycles. The van der Waals surface area contributed by atoms with E-state index in [1.807, 2.05) is 26.0 Å². The number of nitrogens with zero attached hydrogens (tertiary/aromatic N) is 3. The molecule has 1 aliphatic rings. The van der Waals surface area contributed by atoms with Crippen LogP contribution in [0.2, 0.25) is 0 Å². The second-order valence-electron chi connectivity index (χ2n) is 5.75. The van der Waals surface area contributed by atoms with Gasteiger partial charge < -0.3 is 9.52 Å². The van der Waals surface area contributed by atoms with Crippen molar-refractivity contribution in [3.63, 3.8) is 0 Å². The molecule has 0 aromatic carbocycles. The summed E-state index contributed by atoms with van der Waals surface area (Å²) in [7, 11) is 0. The SMILES string of the molecule is Cc1cc(C)nc(N/N=C\C2=C(O)C[C@H](c3ccco3)CC2=O)n1. The first-order valence-electron chi connectivity index (χ1n) is 7.63. The number of hydrogen-bond acceptors (Lipinski definition) is 7. The summed E-state index contributed by atoms with van der Waals surface area (Å²) in [6.07, 6.45) is 3.50. The molecule has 24 heavy (non-hydrogen) atoms. The number of aryl methyl sites for hydroxylation is 2. The van der Waals surface area contributed by atoms with E-state index >= 15 is 0 Å². The monoisotopic (exact) mass is 326 g/mol. The van der Waals surface area contributed by atoms with Gasteiger partial charge in [0.2, 0.25) is 5.95 Å². The number of nitrogens with one attached hydrogen (secondary N) is 1. The largest absolute Gasteiger partial charge is 0.511 e. The normalized spacial score (nSPS) is 18.4. The fourth-order valence-electron chi connectivity index (χ4n) is 2.71. The van der Waals surface area contributed by atoms with Gasteiger partial charge in [-0.1, -0.05) is 0 Å². The Morgan fingerprint density at radius 1 is 1.33 bits per heavy atom. The predicted octanol–water partition coefficient (Wildman–Crippen LogP) is 3.04. The summed E-state index contributed by atoms with van der Waals surface area (Å²) in [5.41, 5.74) is 4.52. The fraction of sp³-hybridized carbons (Fsp3) is 0.294. The number of aromatic nitrogens is 2. The van der Waals surface area contributed by atoms with Crippen LogP contribution in [-0.2, 0) is 4.79 Å². The van der Waals surface area contributed by atoms with E-state index in [4.69, 9.17) is 4.42 Å². The molecule has 0 bridgehead atoms. The molecule has 2 N–H and O–H groups in total. The number of ketones is 1. The maximum absolute atomic E-state index is 12.3. The van der Waals surface area contributed by atoms with Crippen molar-refractivity contribution in [2.45, 2.75) is 32.6 Å². The zero-order chi connectivity index (χ0) is 17.1.